The molecule has 0 radical (unpaired) electrons. The van der Waals surface area contributed by atoms with E-state index in [2.05, 4.69) is 4.98 Å². The van der Waals surface area contributed by atoms with E-state index in [4.69, 9.17) is 9.47 Å². The number of anilines is 1. The molecule has 1 aromatic heterocycles. The first-order chi connectivity index (χ1) is 14.1. The smallest absolute Gasteiger partial charge is 0.233 e. The highest BCUT2D eigenvalue weighted by molar-refractivity contribution is 7.22. The Balaban J connectivity index is 1.58. The number of carbonyl (C=O) groups is 1. The average Bonchev–Trinajstić information content (AvgIpc) is 3.38. The molecule has 2 aromatic carbocycles. The summed E-state index contributed by atoms with van der Waals surface area (Å²) in [4.78, 5) is 19.3. The van der Waals surface area contributed by atoms with Crippen molar-refractivity contribution in [3.63, 3.8) is 0 Å². The molecular weight excluding hydrogens is 391 g/mol. The molecule has 0 aliphatic carbocycles. The van der Waals surface area contributed by atoms with Crippen LogP contribution < -0.4 is 9.64 Å². The Hall–Kier alpha value is -2.51. The summed E-state index contributed by atoms with van der Waals surface area (Å²) in [7, 11) is 0. The van der Waals surface area contributed by atoms with Crippen molar-refractivity contribution < 1.29 is 18.7 Å². The molecule has 1 saturated heterocycles. The number of benzene rings is 2. The van der Waals surface area contributed by atoms with Crippen LogP contribution in [-0.2, 0) is 16.0 Å². The normalized spacial score (nSPS) is 16.3. The second-order valence-corrected chi connectivity index (χ2v) is 7.99. The fourth-order valence-corrected chi connectivity index (χ4v) is 4.44. The molecule has 1 aliphatic rings. The number of rotatable bonds is 7. The van der Waals surface area contributed by atoms with Gasteiger partial charge < -0.3 is 9.47 Å². The molecule has 4 rings (SSSR count). The van der Waals surface area contributed by atoms with Crippen molar-refractivity contribution in [3.8, 4) is 5.75 Å². The van der Waals surface area contributed by atoms with Crippen molar-refractivity contribution in [1.82, 2.24) is 4.98 Å². The van der Waals surface area contributed by atoms with Crippen molar-refractivity contribution in [2.45, 2.75) is 32.3 Å². The third-order valence-electron chi connectivity index (χ3n) is 4.89. The van der Waals surface area contributed by atoms with Crippen molar-refractivity contribution in [2.75, 3.05) is 24.7 Å². The summed E-state index contributed by atoms with van der Waals surface area (Å²) in [6.45, 7) is 3.67. The molecule has 7 heteroatoms. The predicted octanol–water partition coefficient (Wildman–Crippen LogP) is 4.59. The summed E-state index contributed by atoms with van der Waals surface area (Å²) in [5.41, 5.74) is 1.20. The molecule has 0 bridgehead atoms. The number of nitrogens with zero attached hydrogens (tertiary/aromatic N) is 2. The average molecular weight is 415 g/mol. The fourth-order valence-electron chi connectivity index (χ4n) is 3.44. The molecule has 0 N–H and O–H groups in total. The van der Waals surface area contributed by atoms with Crippen LogP contribution in [0.15, 0.2) is 42.5 Å². The van der Waals surface area contributed by atoms with Crippen LogP contribution in [0.2, 0.25) is 0 Å². The van der Waals surface area contributed by atoms with E-state index in [1.54, 1.807) is 11.0 Å². The Labute approximate surface area is 173 Å². The fraction of sp³-hybridized carbons (Fsp3) is 0.364. The van der Waals surface area contributed by atoms with Gasteiger partial charge in [0.25, 0.3) is 0 Å². The second-order valence-electron chi connectivity index (χ2n) is 6.98. The van der Waals surface area contributed by atoms with E-state index < -0.39 is 0 Å². The number of fused-ring (bicyclic) bond motifs is 1. The molecule has 3 aromatic rings. The molecule has 2 heterocycles. The van der Waals surface area contributed by atoms with E-state index in [0.29, 0.717) is 30.4 Å². The Morgan fingerprint density at radius 1 is 1.31 bits per heavy atom. The number of thiazole rings is 1. The molecule has 0 saturated carbocycles. The summed E-state index contributed by atoms with van der Waals surface area (Å²) in [6, 6.07) is 12.4. The minimum Gasteiger partial charge on any atom is -0.494 e. The number of amides is 1. The summed E-state index contributed by atoms with van der Waals surface area (Å²) in [6.07, 6.45) is 2.11. The lowest BCUT2D eigenvalue weighted by Gasteiger charge is -2.23. The van der Waals surface area contributed by atoms with Gasteiger partial charge in [-0.3, -0.25) is 9.69 Å². The number of hydrogen-bond acceptors (Lipinski definition) is 5. The van der Waals surface area contributed by atoms with Crippen molar-refractivity contribution in [3.05, 3.63) is 53.8 Å². The van der Waals surface area contributed by atoms with E-state index in [-0.39, 0.29) is 24.2 Å². The first kappa shape index (κ1) is 19.8. The Morgan fingerprint density at radius 2 is 2.14 bits per heavy atom. The standard InChI is InChI=1S/C22H23FN2O3S/c1-2-27-16-10-8-15(9-11-16)13-20(26)25(14-17-5-4-12-28-17)22-24-21-18(23)6-3-7-19(21)29-22/h3,6-11,17H,2,4-5,12-14H2,1H3/t17-/m0/s1. The molecule has 29 heavy (non-hydrogen) atoms. The van der Waals surface area contributed by atoms with Gasteiger partial charge in [-0.2, -0.15) is 0 Å². The molecular formula is C22H23FN2O3S. The third-order valence-corrected chi connectivity index (χ3v) is 5.93. The van der Waals surface area contributed by atoms with Crippen LogP contribution in [0.3, 0.4) is 0 Å². The quantitative estimate of drug-likeness (QED) is 0.568. The first-order valence-corrected chi connectivity index (χ1v) is 10.6. The number of aromatic nitrogens is 1. The van der Waals surface area contributed by atoms with Gasteiger partial charge in [-0.1, -0.05) is 29.5 Å². The van der Waals surface area contributed by atoms with Crippen LogP contribution in [-0.4, -0.2) is 36.8 Å². The molecule has 1 atom stereocenters. The van der Waals surface area contributed by atoms with Crippen LogP contribution >= 0.6 is 11.3 Å². The molecule has 5 nitrogen and oxygen atoms in total. The van der Waals surface area contributed by atoms with Gasteiger partial charge in [-0.15, -0.1) is 0 Å². The summed E-state index contributed by atoms with van der Waals surface area (Å²) in [5, 5.41) is 0.511. The highest BCUT2D eigenvalue weighted by Gasteiger charge is 2.26. The number of halogens is 1. The van der Waals surface area contributed by atoms with E-state index >= 15 is 0 Å². The SMILES string of the molecule is CCOc1ccc(CC(=O)N(C[C@@H]2CCCO2)c2nc3c(F)cccc3s2)cc1. The Kier molecular flexibility index (Phi) is 6.06. The van der Waals surface area contributed by atoms with Gasteiger partial charge in [0, 0.05) is 6.61 Å². The van der Waals surface area contributed by atoms with Gasteiger partial charge >= 0.3 is 0 Å². The minimum absolute atomic E-state index is 0.0175. The van der Waals surface area contributed by atoms with Gasteiger partial charge in [0.2, 0.25) is 5.91 Å². The Morgan fingerprint density at radius 3 is 2.83 bits per heavy atom. The monoisotopic (exact) mass is 414 g/mol. The lowest BCUT2D eigenvalue weighted by molar-refractivity contribution is -0.118. The predicted molar refractivity (Wildman–Crippen MR) is 112 cm³/mol. The lowest BCUT2D eigenvalue weighted by atomic mass is 10.1. The van der Waals surface area contributed by atoms with Gasteiger partial charge in [0.1, 0.15) is 17.1 Å². The van der Waals surface area contributed by atoms with Gasteiger partial charge in [-0.05, 0) is 49.6 Å². The highest BCUT2D eigenvalue weighted by Crippen LogP contribution is 2.31. The van der Waals surface area contributed by atoms with Crippen LogP contribution in [0.5, 0.6) is 5.75 Å². The molecule has 0 spiro atoms. The van der Waals surface area contributed by atoms with Gasteiger partial charge in [0.05, 0.1) is 30.4 Å². The number of ether oxygens (including phenoxy) is 2. The molecule has 1 aliphatic heterocycles. The zero-order chi connectivity index (χ0) is 20.2. The van der Waals surface area contributed by atoms with E-state index in [9.17, 15) is 9.18 Å². The van der Waals surface area contributed by atoms with E-state index in [1.165, 1.54) is 17.4 Å². The maximum atomic E-state index is 14.1. The highest BCUT2D eigenvalue weighted by atomic mass is 32.1. The van der Waals surface area contributed by atoms with Crippen LogP contribution in [0.25, 0.3) is 10.2 Å². The zero-order valence-corrected chi connectivity index (χ0v) is 17.1. The van der Waals surface area contributed by atoms with Crippen molar-refractivity contribution in [1.29, 1.82) is 0 Å². The topological polar surface area (TPSA) is 51.7 Å². The number of hydrogen-bond donors (Lipinski definition) is 0. The first-order valence-electron chi connectivity index (χ1n) is 9.83. The number of para-hydroxylation sites is 1. The molecule has 1 amide bonds. The largest absolute Gasteiger partial charge is 0.494 e. The lowest BCUT2D eigenvalue weighted by Crippen LogP contribution is -2.38. The Bertz CT molecular complexity index is 983. The molecule has 152 valence electrons. The second kappa shape index (κ2) is 8.88. The van der Waals surface area contributed by atoms with Crippen molar-refractivity contribution in [2.24, 2.45) is 0 Å². The summed E-state index contributed by atoms with van der Waals surface area (Å²) < 4.78 is 26.0. The maximum Gasteiger partial charge on any atom is 0.233 e. The maximum absolute atomic E-state index is 14.1. The van der Waals surface area contributed by atoms with Gasteiger partial charge in [0.15, 0.2) is 5.13 Å². The van der Waals surface area contributed by atoms with E-state index in [1.807, 2.05) is 37.3 Å². The van der Waals surface area contributed by atoms with E-state index in [0.717, 1.165) is 28.9 Å². The molecule has 1 fully saturated rings. The van der Waals surface area contributed by atoms with Crippen LogP contribution in [0.1, 0.15) is 25.3 Å². The van der Waals surface area contributed by atoms with Crippen molar-refractivity contribution >= 4 is 32.6 Å². The minimum atomic E-state index is -0.374. The van der Waals surface area contributed by atoms with Crippen LogP contribution in [0.4, 0.5) is 9.52 Å². The summed E-state index contributed by atoms with van der Waals surface area (Å²) in [5.74, 6) is 0.326. The molecule has 0 unspecified atom stereocenters. The summed E-state index contributed by atoms with van der Waals surface area (Å²) >= 11 is 1.33. The third kappa shape index (κ3) is 4.57. The zero-order valence-electron chi connectivity index (χ0n) is 16.3. The van der Waals surface area contributed by atoms with Gasteiger partial charge in [-0.25, -0.2) is 9.37 Å². The van der Waals surface area contributed by atoms with Crippen LogP contribution in [0, 0.1) is 5.82 Å². The number of carbonyl (C=O) groups excluding carboxylic acids is 1.